The second-order valence-corrected chi connectivity index (χ2v) is 4.14. The Morgan fingerprint density at radius 3 is 2.37 bits per heavy atom. The van der Waals surface area contributed by atoms with Crippen LogP contribution >= 0.6 is 0 Å². The van der Waals surface area contributed by atoms with Gasteiger partial charge >= 0.3 is 12.1 Å². The van der Waals surface area contributed by atoms with Gasteiger partial charge in [-0.3, -0.25) is 0 Å². The van der Waals surface area contributed by atoms with Gasteiger partial charge < -0.3 is 4.74 Å². The number of carbonyl (C=O) groups is 1. The predicted octanol–water partition coefficient (Wildman–Crippen LogP) is 3.79. The van der Waals surface area contributed by atoms with Crippen molar-refractivity contribution < 1.29 is 22.7 Å². The van der Waals surface area contributed by atoms with Crippen molar-refractivity contribution in [2.75, 3.05) is 0 Å². The summed E-state index contributed by atoms with van der Waals surface area (Å²) in [7, 11) is 0. The van der Waals surface area contributed by atoms with Crippen LogP contribution in [0.5, 0.6) is 5.75 Å². The Bertz CT molecular complexity index is 702. The van der Waals surface area contributed by atoms with Crippen LogP contribution in [0, 0.1) is 0 Å². The fourth-order valence-corrected chi connectivity index (χ4v) is 2.14. The van der Waals surface area contributed by atoms with Gasteiger partial charge in [0.15, 0.2) is 0 Å². The number of rotatable bonds is 1. The molecule has 0 amide bonds. The number of hydrogen-bond donors (Lipinski definition) is 0. The van der Waals surface area contributed by atoms with Crippen LogP contribution in [-0.2, 0) is 4.79 Å². The van der Waals surface area contributed by atoms with Crippen LogP contribution in [-0.4, -0.2) is 12.1 Å². The Morgan fingerprint density at radius 2 is 1.68 bits per heavy atom. The highest BCUT2D eigenvalue weighted by atomic mass is 19.4. The Labute approximate surface area is 106 Å². The monoisotopic (exact) mass is 264 g/mol. The summed E-state index contributed by atoms with van der Waals surface area (Å²) in [6, 6.07) is 8.20. The molecule has 0 heterocycles. The lowest BCUT2D eigenvalue weighted by molar-refractivity contribution is -0.189. The fraction of sp³-hybridized carbons (Fsp3) is 0.0714. The summed E-state index contributed by atoms with van der Waals surface area (Å²) in [5.41, 5.74) is 1.80. The zero-order chi connectivity index (χ0) is 13.6. The molecule has 19 heavy (non-hydrogen) atoms. The van der Waals surface area contributed by atoms with E-state index in [0.29, 0.717) is 5.39 Å². The third kappa shape index (κ3) is 1.87. The van der Waals surface area contributed by atoms with E-state index in [1.807, 2.05) is 18.2 Å². The summed E-state index contributed by atoms with van der Waals surface area (Å²) in [6.45, 7) is 0. The molecule has 0 unspecified atom stereocenters. The molecule has 5 heteroatoms. The molecule has 0 saturated carbocycles. The average Bonchev–Trinajstić information content (AvgIpc) is 2.76. The Hall–Kier alpha value is -2.30. The number of alkyl halides is 3. The highest BCUT2D eigenvalue weighted by Gasteiger charge is 2.41. The highest BCUT2D eigenvalue weighted by Crippen LogP contribution is 2.37. The maximum absolute atomic E-state index is 12.2. The first-order valence-electron chi connectivity index (χ1n) is 5.49. The van der Waals surface area contributed by atoms with Gasteiger partial charge in [0.2, 0.25) is 0 Å². The van der Waals surface area contributed by atoms with E-state index < -0.39 is 12.1 Å². The Balaban J connectivity index is 2.11. The molecule has 3 rings (SSSR count). The molecule has 0 N–H and O–H groups in total. The first-order valence-corrected chi connectivity index (χ1v) is 5.49. The molecule has 2 nitrogen and oxygen atoms in total. The first kappa shape index (κ1) is 11.8. The third-order valence-corrected chi connectivity index (χ3v) is 2.94. The predicted molar refractivity (Wildman–Crippen MR) is 64.6 cm³/mol. The molecule has 0 fully saturated rings. The minimum atomic E-state index is -5.00. The summed E-state index contributed by atoms with van der Waals surface area (Å²) >= 11 is 0. The normalized spacial score (nSPS) is 13.0. The maximum Gasteiger partial charge on any atom is 0.491 e. The molecule has 1 aliphatic rings. The fourth-order valence-electron chi connectivity index (χ4n) is 2.14. The lowest BCUT2D eigenvalue weighted by atomic mass is 10.0. The first-order chi connectivity index (χ1) is 8.97. The van der Waals surface area contributed by atoms with Gasteiger partial charge in [0.25, 0.3) is 0 Å². The van der Waals surface area contributed by atoms with Gasteiger partial charge in [0.1, 0.15) is 5.75 Å². The molecule has 2 aromatic carbocycles. The highest BCUT2D eigenvalue weighted by molar-refractivity contribution is 6.07. The van der Waals surface area contributed by atoms with Crippen molar-refractivity contribution in [2.45, 2.75) is 6.18 Å². The Kier molecular flexibility index (Phi) is 2.38. The molecular formula is C14H7F3O2. The zero-order valence-electron chi connectivity index (χ0n) is 9.49. The van der Waals surface area contributed by atoms with E-state index >= 15 is 0 Å². The standard InChI is InChI=1S/C14H7F3O2/c15-14(16,17)13(18)19-11-7-6-9-5-4-8-2-1-3-10(11)12(8)9/h1-7H. The quantitative estimate of drug-likeness (QED) is 0.493. The smallest absolute Gasteiger partial charge is 0.419 e. The largest absolute Gasteiger partial charge is 0.491 e. The molecule has 2 aromatic rings. The van der Waals surface area contributed by atoms with Crippen molar-refractivity contribution in [3.63, 3.8) is 0 Å². The van der Waals surface area contributed by atoms with E-state index in [2.05, 4.69) is 4.74 Å². The van der Waals surface area contributed by atoms with Gasteiger partial charge in [0.05, 0.1) is 0 Å². The van der Waals surface area contributed by atoms with E-state index in [0.717, 1.165) is 16.5 Å². The van der Waals surface area contributed by atoms with Gasteiger partial charge in [-0.05, 0) is 22.6 Å². The molecule has 0 saturated heterocycles. The van der Waals surface area contributed by atoms with Crippen molar-refractivity contribution in [2.24, 2.45) is 0 Å². The number of esters is 1. The molecule has 0 atom stereocenters. The number of carbonyl (C=O) groups excluding carboxylic acids is 1. The second kappa shape index (κ2) is 3.85. The van der Waals surface area contributed by atoms with Crippen LogP contribution in [0.3, 0.4) is 0 Å². The zero-order valence-corrected chi connectivity index (χ0v) is 9.49. The van der Waals surface area contributed by atoms with Crippen molar-refractivity contribution in [3.8, 4) is 5.75 Å². The van der Waals surface area contributed by atoms with Gasteiger partial charge in [-0.1, -0.05) is 36.4 Å². The van der Waals surface area contributed by atoms with Crippen LogP contribution in [0.25, 0.3) is 22.9 Å². The van der Waals surface area contributed by atoms with Gasteiger partial charge in [0, 0.05) is 5.39 Å². The average molecular weight is 264 g/mol. The minimum Gasteiger partial charge on any atom is -0.419 e. The molecule has 0 aromatic heterocycles. The van der Waals surface area contributed by atoms with Crippen LogP contribution in [0.15, 0.2) is 30.3 Å². The van der Waals surface area contributed by atoms with Crippen molar-refractivity contribution in [1.29, 1.82) is 0 Å². The topological polar surface area (TPSA) is 26.3 Å². The van der Waals surface area contributed by atoms with Gasteiger partial charge in [-0.15, -0.1) is 0 Å². The van der Waals surface area contributed by atoms with Crippen LogP contribution in [0.1, 0.15) is 11.1 Å². The van der Waals surface area contributed by atoms with Gasteiger partial charge in [-0.25, -0.2) is 4.79 Å². The van der Waals surface area contributed by atoms with Crippen molar-refractivity contribution in [1.82, 2.24) is 0 Å². The molecule has 0 bridgehead atoms. The van der Waals surface area contributed by atoms with Gasteiger partial charge in [-0.2, -0.15) is 13.2 Å². The molecular weight excluding hydrogens is 257 g/mol. The Morgan fingerprint density at radius 1 is 1.00 bits per heavy atom. The third-order valence-electron chi connectivity index (χ3n) is 2.94. The number of halogens is 3. The lowest BCUT2D eigenvalue weighted by Gasteiger charge is -2.10. The summed E-state index contributed by atoms with van der Waals surface area (Å²) in [5.74, 6) is -2.29. The van der Waals surface area contributed by atoms with E-state index in [-0.39, 0.29) is 5.75 Å². The lowest BCUT2D eigenvalue weighted by Crippen LogP contribution is -2.28. The summed E-state index contributed by atoms with van der Waals surface area (Å²) < 4.78 is 41.1. The maximum atomic E-state index is 12.2. The summed E-state index contributed by atoms with van der Waals surface area (Å²) in [6.07, 6.45) is -1.26. The van der Waals surface area contributed by atoms with Crippen LogP contribution in [0.4, 0.5) is 13.2 Å². The molecule has 96 valence electrons. The molecule has 0 aliphatic heterocycles. The molecule has 0 spiro atoms. The van der Waals surface area contributed by atoms with Crippen LogP contribution < -0.4 is 4.74 Å². The summed E-state index contributed by atoms with van der Waals surface area (Å²) in [4.78, 5) is 10.9. The van der Waals surface area contributed by atoms with E-state index in [1.165, 1.54) is 6.07 Å². The van der Waals surface area contributed by atoms with Crippen LogP contribution in [0.2, 0.25) is 0 Å². The SMILES string of the molecule is O=C(Oc1ccc2c3c(cccc13)C=C2)C(F)(F)F. The second-order valence-electron chi connectivity index (χ2n) is 4.14. The van der Waals surface area contributed by atoms with Crippen molar-refractivity contribution >= 4 is 28.9 Å². The van der Waals surface area contributed by atoms with E-state index in [9.17, 15) is 18.0 Å². The number of hydrogen-bond acceptors (Lipinski definition) is 2. The molecule has 1 aliphatic carbocycles. The van der Waals surface area contributed by atoms with E-state index in [1.54, 1.807) is 18.2 Å². The van der Waals surface area contributed by atoms with E-state index in [4.69, 9.17) is 0 Å². The number of benzene rings is 2. The summed E-state index contributed by atoms with van der Waals surface area (Å²) in [5, 5.41) is 1.30. The minimum absolute atomic E-state index is 0.0772. The molecule has 0 radical (unpaired) electrons. The number of ether oxygens (including phenoxy) is 1. The van der Waals surface area contributed by atoms with Crippen molar-refractivity contribution in [3.05, 3.63) is 41.5 Å².